The summed E-state index contributed by atoms with van der Waals surface area (Å²) in [6.45, 7) is 4.06. The number of rotatable bonds is 6. The maximum atomic E-state index is 11.0. The number of phenols is 1. The van der Waals surface area contributed by atoms with Crippen molar-refractivity contribution in [2.45, 2.75) is 26.4 Å². The van der Waals surface area contributed by atoms with Gasteiger partial charge in [-0.3, -0.25) is 4.79 Å². The van der Waals surface area contributed by atoms with Gasteiger partial charge in [-0.25, -0.2) is 0 Å². The summed E-state index contributed by atoms with van der Waals surface area (Å²) in [6.07, 6.45) is -0.156. The Kier molecular flexibility index (Phi) is 5.69. The lowest BCUT2D eigenvalue weighted by molar-refractivity contribution is -0.141. The number of ether oxygens (including phenoxy) is 1. The summed E-state index contributed by atoms with van der Waals surface area (Å²) in [5.74, 6) is -0.143. The molecule has 0 aliphatic carbocycles. The van der Waals surface area contributed by atoms with Crippen LogP contribution < -0.4 is 0 Å². The van der Waals surface area contributed by atoms with Crippen LogP contribution in [0, 0.1) is 5.41 Å². The van der Waals surface area contributed by atoms with Crippen LogP contribution in [-0.4, -0.2) is 28.5 Å². The number of thiol groups is 1. The van der Waals surface area contributed by atoms with Crippen molar-refractivity contribution < 1.29 is 19.7 Å². The van der Waals surface area contributed by atoms with Gasteiger partial charge in [0.2, 0.25) is 0 Å². The van der Waals surface area contributed by atoms with E-state index < -0.39 is 11.5 Å². The maximum Gasteiger partial charge on any atom is 0.315 e. The molecule has 0 aromatic heterocycles. The standard InChI is InChI=1S/C14H20O4S/c1-14(2,7-8-18-12(16)9-19)13(17)10-3-5-11(15)6-4-10/h3-6,13,15,17,19H,7-9H2,1-2H3/t13-/m1/s1. The average Bonchev–Trinajstić information content (AvgIpc) is 2.38. The third kappa shape index (κ3) is 4.76. The molecule has 106 valence electrons. The summed E-state index contributed by atoms with van der Waals surface area (Å²) in [5, 5.41) is 19.5. The Balaban J connectivity index is 2.60. The van der Waals surface area contributed by atoms with E-state index in [2.05, 4.69) is 12.6 Å². The molecule has 0 fully saturated rings. The van der Waals surface area contributed by atoms with Crippen molar-refractivity contribution in [2.24, 2.45) is 5.41 Å². The Bertz CT molecular complexity index is 414. The van der Waals surface area contributed by atoms with Gasteiger partial charge in [0.15, 0.2) is 0 Å². The number of esters is 1. The van der Waals surface area contributed by atoms with Crippen LogP contribution >= 0.6 is 12.6 Å². The number of hydrogen-bond donors (Lipinski definition) is 3. The van der Waals surface area contributed by atoms with E-state index in [1.807, 2.05) is 13.8 Å². The van der Waals surface area contributed by atoms with Gasteiger partial charge in [-0.1, -0.05) is 26.0 Å². The molecule has 0 spiro atoms. The highest BCUT2D eigenvalue weighted by Crippen LogP contribution is 2.36. The second kappa shape index (κ2) is 6.82. The first-order valence-corrected chi connectivity index (χ1v) is 6.73. The van der Waals surface area contributed by atoms with Crippen LogP contribution in [0.2, 0.25) is 0 Å². The summed E-state index contributed by atoms with van der Waals surface area (Å²) in [6, 6.07) is 6.44. The second-order valence-electron chi connectivity index (χ2n) is 5.11. The zero-order valence-corrected chi connectivity index (χ0v) is 12.1. The monoisotopic (exact) mass is 284 g/mol. The Morgan fingerprint density at radius 2 is 1.95 bits per heavy atom. The molecule has 0 bridgehead atoms. The van der Waals surface area contributed by atoms with Crippen LogP contribution in [-0.2, 0) is 9.53 Å². The number of benzene rings is 1. The molecule has 4 nitrogen and oxygen atoms in total. The molecular weight excluding hydrogens is 264 g/mol. The van der Waals surface area contributed by atoms with Crippen molar-refractivity contribution in [3.63, 3.8) is 0 Å². The maximum absolute atomic E-state index is 11.0. The van der Waals surface area contributed by atoms with E-state index >= 15 is 0 Å². The molecule has 1 aromatic carbocycles. The predicted molar refractivity (Wildman–Crippen MR) is 76.3 cm³/mol. The molecular formula is C14H20O4S. The molecule has 0 aliphatic rings. The first-order chi connectivity index (χ1) is 8.86. The highest BCUT2D eigenvalue weighted by molar-refractivity contribution is 7.81. The summed E-state index contributed by atoms with van der Waals surface area (Å²) in [7, 11) is 0. The fourth-order valence-corrected chi connectivity index (χ4v) is 1.81. The smallest absolute Gasteiger partial charge is 0.315 e. The number of aliphatic hydroxyl groups excluding tert-OH is 1. The van der Waals surface area contributed by atoms with Crippen molar-refractivity contribution >= 4 is 18.6 Å². The SMILES string of the molecule is CC(C)(CCOC(=O)CS)[C@H](O)c1ccc(O)cc1. The highest BCUT2D eigenvalue weighted by Gasteiger charge is 2.29. The van der Waals surface area contributed by atoms with E-state index in [9.17, 15) is 15.0 Å². The summed E-state index contributed by atoms with van der Waals surface area (Å²) in [4.78, 5) is 11.0. The minimum absolute atomic E-state index is 0.0565. The molecule has 0 saturated heterocycles. The topological polar surface area (TPSA) is 66.8 Å². The van der Waals surface area contributed by atoms with Gasteiger partial charge >= 0.3 is 5.97 Å². The Morgan fingerprint density at radius 1 is 1.37 bits per heavy atom. The average molecular weight is 284 g/mol. The zero-order chi connectivity index (χ0) is 14.5. The van der Waals surface area contributed by atoms with Crippen LogP contribution in [0.25, 0.3) is 0 Å². The van der Waals surface area contributed by atoms with E-state index in [0.29, 0.717) is 6.42 Å². The quantitative estimate of drug-likeness (QED) is 0.554. The van der Waals surface area contributed by atoms with Crippen molar-refractivity contribution in [2.75, 3.05) is 12.4 Å². The normalized spacial score (nSPS) is 13.1. The lowest BCUT2D eigenvalue weighted by Crippen LogP contribution is -2.24. The van der Waals surface area contributed by atoms with Crippen molar-refractivity contribution in [1.82, 2.24) is 0 Å². The molecule has 0 radical (unpaired) electrons. The van der Waals surface area contributed by atoms with E-state index in [0.717, 1.165) is 5.56 Å². The molecule has 19 heavy (non-hydrogen) atoms. The Hall–Kier alpha value is -1.20. The number of aromatic hydroxyl groups is 1. The first-order valence-electron chi connectivity index (χ1n) is 6.10. The number of aliphatic hydroxyl groups is 1. The minimum Gasteiger partial charge on any atom is -0.508 e. The number of phenolic OH excluding ortho intramolecular Hbond substituents is 1. The van der Waals surface area contributed by atoms with Gasteiger partial charge in [-0.05, 0) is 29.5 Å². The van der Waals surface area contributed by atoms with Gasteiger partial charge in [-0.2, -0.15) is 12.6 Å². The lowest BCUT2D eigenvalue weighted by Gasteiger charge is -2.30. The summed E-state index contributed by atoms with van der Waals surface area (Å²) in [5.41, 5.74) is 0.289. The van der Waals surface area contributed by atoms with E-state index in [1.54, 1.807) is 12.1 Å². The second-order valence-corrected chi connectivity index (χ2v) is 5.43. The van der Waals surface area contributed by atoms with Crippen LogP contribution in [0.1, 0.15) is 31.9 Å². The summed E-state index contributed by atoms with van der Waals surface area (Å²) < 4.78 is 4.97. The molecule has 0 aliphatic heterocycles. The largest absolute Gasteiger partial charge is 0.508 e. The van der Waals surface area contributed by atoms with Crippen LogP contribution in [0.15, 0.2) is 24.3 Å². The van der Waals surface area contributed by atoms with Gasteiger partial charge in [0.05, 0.1) is 18.5 Å². The van der Waals surface area contributed by atoms with Crippen LogP contribution in [0.3, 0.4) is 0 Å². The van der Waals surface area contributed by atoms with E-state index in [1.165, 1.54) is 12.1 Å². The molecule has 1 aromatic rings. The molecule has 0 saturated carbocycles. The lowest BCUT2D eigenvalue weighted by atomic mass is 9.80. The van der Waals surface area contributed by atoms with Crippen LogP contribution in [0.5, 0.6) is 5.75 Å². The van der Waals surface area contributed by atoms with Crippen molar-refractivity contribution in [3.05, 3.63) is 29.8 Å². The number of hydrogen-bond acceptors (Lipinski definition) is 5. The number of carbonyl (C=O) groups is 1. The Labute approximate surface area is 118 Å². The summed E-state index contributed by atoms with van der Waals surface area (Å²) >= 11 is 3.82. The third-order valence-corrected chi connectivity index (χ3v) is 3.35. The fourth-order valence-electron chi connectivity index (χ4n) is 1.72. The molecule has 5 heteroatoms. The molecule has 1 atom stereocenters. The van der Waals surface area contributed by atoms with Gasteiger partial charge in [0.1, 0.15) is 5.75 Å². The molecule has 0 unspecified atom stereocenters. The number of carbonyl (C=O) groups excluding carboxylic acids is 1. The van der Waals surface area contributed by atoms with E-state index in [-0.39, 0.29) is 24.1 Å². The van der Waals surface area contributed by atoms with Gasteiger partial charge in [-0.15, -0.1) is 0 Å². The molecule has 0 amide bonds. The molecule has 1 rings (SSSR count). The highest BCUT2D eigenvalue weighted by atomic mass is 32.1. The van der Waals surface area contributed by atoms with E-state index in [4.69, 9.17) is 4.74 Å². The van der Waals surface area contributed by atoms with Gasteiger partial charge in [0, 0.05) is 0 Å². The minimum atomic E-state index is -0.692. The zero-order valence-electron chi connectivity index (χ0n) is 11.2. The van der Waals surface area contributed by atoms with Gasteiger partial charge in [0.25, 0.3) is 0 Å². The molecule has 0 heterocycles. The van der Waals surface area contributed by atoms with Crippen molar-refractivity contribution in [1.29, 1.82) is 0 Å². The first kappa shape index (κ1) is 15.9. The van der Waals surface area contributed by atoms with Gasteiger partial charge < -0.3 is 14.9 Å². The molecule has 2 N–H and O–H groups in total. The van der Waals surface area contributed by atoms with Crippen LogP contribution in [0.4, 0.5) is 0 Å². The Morgan fingerprint density at radius 3 is 2.47 bits per heavy atom. The fraction of sp³-hybridized carbons (Fsp3) is 0.500. The third-order valence-electron chi connectivity index (χ3n) is 3.09. The van der Waals surface area contributed by atoms with Crippen molar-refractivity contribution in [3.8, 4) is 5.75 Å². The predicted octanol–water partition coefficient (Wildman–Crippen LogP) is 2.31.